The van der Waals surface area contributed by atoms with Gasteiger partial charge < -0.3 is 34.3 Å². The predicted octanol–water partition coefficient (Wildman–Crippen LogP) is 10.4. The molecule has 1 aliphatic heterocycles. The minimum atomic E-state index is -5.06. The maximum atomic E-state index is 12.9. The molecule has 0 aliphatic carbocycles. The van der Waals surface area contributed by atoms with E-state index in [0.29, 0.717) is 13.0 Å². The van der Waals surface area contributed by atoms with Crippen LogP contribution < -0.4 is 0 Å². The summed E-state index contributed by atoms with van der Waals surface area (Å²) >= 11 is 0. The number of aliphatic hydroxyl groups is 3. The highest BCUT2D eigenvalue weighted by atomic mass is 32.3. The minimum absolute atomic E-state index is 0.0326. The molecule has 12 nitrogen and oxygen atoms in total. The Labute approximate surface area is 365 Å². The molecule has 0 amide bonds. The Kier molecular flexibility index (Phi) is 37.0. The van der Waals surface area contributed by atoms with Crippen molar-refractivity contribution in [2.45, 2.75) is 243 Å². The predicted molar refractivity (Wildman–Crippen MR) is 239 cm³/mol. The van der Waals surface area contributed by atoms with Gasteiger partial charge >= 0.3 is 16.4 Å². The second-order valence-electron chi connectivity index (χ2n) is 16.7. The number of rotatable bonds is 42. The number of unbranched alkanes of at least 4 members (excludes halogenated alkanes) is 25. The van der Waals surface area contributed by atoms with Gasteiger partial charge in [0, 0.05) is 13.0 Å². The van der Waals surface area contributed by atoms with Gasteiger partial charge in [-0.1, -0.05) is 160 Å². The fraction of sp³-hybridized carbons (Fsp3) is 0.894. The molecule has 60 heavy (non-hydrogen) atoms. The number of hydrogen-bond donors (Lipinski definition) is 4. The van der Waals surface area contributed by atoms with Crippen LogP contribution in [0.2, 0.25) is 0 Å². The maximum absolute atomic E-state index is 12.9. The molecule has 0 saturated carbocycles. The molecular weight excluding hydrogens is 789 g/mol. The SMILES string of the molecule is CCCCCCCC/C=C\CCCCCCCCCC(=O)OC(COCCCCCCCC/C=C\CCCCCCCC)COC1OC(CO)C(O)C(OS(=O)(=O)O)C1O. The van der Waals surface area contributed by atoms with Crippen LogP contribution in [0.4, 0.5) is 0 Å². The Bertz CT molecular complexity index is 1150. The summed E-state index contributed by atoms with van der Waals surface area (Å²) in [6.07, 6.45) is 34.9. The summed E-state index contributed by atoms with van der Waals surface area (Å²) in [7, 11) is -5.06. The molecule has 1 rings (SSSR count). The number of allylic oxidation sites excluding steroid dienone is 4. The monoisotopic (exact) mass is 877 g/mol. The van der Waals surface area contributed by atoms with E-state index >= 15 is 0 Å². The first-order valence-corrected chi connectivity index (χ1v) is 25.5. The van der Waals surface area contributed by atoms with Crippen LogP contribution >= 0.6 is 0 Å². The highest BCUT2D eigenvalue weighted by Gasteiger charge is 2.48. The molecule has 0 aromatic carbocycles. The normalized spacial score (nSPS) is 20.4. The van der Waals surface area contributed by atoms with Crippen molar-refractivity contribution in [2.24, 2.45) is 0 Å². The van der Waals surface area contributed by atoms with Crippen LogP contribution in [0, 0.1) is 0 Å². The van der Waals surface area contributed by atoms with Crippen molar-refractivity contribution in [3.63, 3.8) is 0 Å². The number of carbonyl (C=O) groups excluding carboxylic acids is 1. The van der Waals surface area contributed by atoms with Crippen molar-refractivity contribution < 1.29 is 56.2 Å². The summed E-state index contributed by atoms with van der Waals surface area (Å²) in [5.41, 5.74) is 0. The van der Waals surface area contributed by atoms with Gasteiger partial charge in [-0.15, -0.1) is 0 Å². The molecule has 6 unspecified atom stereocenters. The first-order chi connectivity index (χ1) is 29.1. The molecule has 354 valence electrons. The zero-order valence-corrected chi connectivity index (χ0v) is 38.6. The second kappa shape index (κ2) is 39.2. The Morgan fingerprint density at radius 2 is 1.05 bits per heavy atom. The summed E-state index contributed by atoms with van der Waals surface area (Å²) in [6, 6.07) is 0. The average molecular weight is 877 g/mol. The molecule has 6 atom stereocenters. The van der Waals surface area contributed by atoms with Gasteiger partial charge in [-0.2, -0.15) is 8.42 Å². The molecule has 1 heterocycles. The smallest absolute Gasteiger partial charge is 0.397 e. The van der Waals surface area contributed by atoms with E-state index < -0.39 is 59.8 Å². The van der Waals surface area contributed by atoms with Crippen molar-refractivity contribution in [2.75, 3.05) is 26.4 Å². The van der Waals surface area contributed by atoms with Gasteiger partial charge in [-0.05, 0) is 64.2 Å². The van der Waals surface area contributed by atoms with E-state index in [1.54, 1.807) is 0 Å². The lowest BCUT2D eigenvalue weighted by molar-refractivity contribution is -0.301. The van der Waals surface area contributed by atoms with E-state index in [2.05, 4.69) is 42.3 Å². The molecule has 0 aromatic heterocycles. The zero-order chi connectivity index (χ0) is 43.9. The van der Waals surface area contributed by atoms with E-state index in [1.807, 2.05) is 0 Å². The maximum Gasteiger partial charge on any atom is 0.397 e. The molecule has 4 N–H and O–H groups in total. The van der Waals surface area contributed by atoms with E-state index in [9.17, 15) is 28.5 Å². The molecule has 0 spiro atoms. The summed E-state index contributed by atoms with van der Waals surface area (Å²) in [6.45, 7) is 3.98. The lowest BCUT2D eigenvalue weighted by Crippen LogP contribution is -2.60. The summed E-state index contributed by atoms with van der Waals surface area (Å²) in [4.78, 5) is 12.9. The molecule has 13 heteroatoms. The van der Waals surface area contributed by atoms with E-state index in [1.165, 1.54) is 128 Å². The first kappa shape index (κ1) is 56.6. The van der Waals surface area contributed by atoms with Crippen LogP contribution in [0.3, 0.4) is 0 Å². The Balaban J connectivity index is 2.41. The lowest BCUT2D eigenvalue weighted by atomic mass is 9.99. The number of aliphatic hydroxyl groups excluding tert-OH is 3. The second-order valence-corrected chi connectivity index (χ2v) is 17.7. The summed E-state index contributed by atoms with van der Waals surface area (Å²) < 4.78 is 59.1. The van der Waals surface area contributed by atoms with Gasteiger partial charge in [0.2, 0.25) is 0 Å². The van der Waals surface area contributed by atoms with Crippen molar-refractivity contribution >= 4 is 16.4 Å². The standard InChI is InChI=1S/C47H88O12S/c1-3-5-7-9-11-13-15-17-19-21-22-24-26-28-30-32-34-36-43(49)57-41(40-56-47-45(51)46(59-60(52,53)54)44(50)42(38-48)58-47)39-55-37-35-33-31-29-27-25-23-20-18-16-14-12-10-8-6-4-2/h17-20,41-42,44-48,50-51H,3-16,21-40H2,1-2H3,(H,52,53,54)/b19-17-,20-18-. The van der Waals surface area contributed by atoms with Crippen LogP contribution in [0.15, 0.2) is 24.3 Å². The number of hydrogen-bond acceptors (Lipinski definition) is 11. The molecular formula is C47H88O12S. The summed E-state index contributed by atoms with van der Waals surface area (Å²) in [5, 5.41) is 30.7. The quantitative estimate of drug-likeness (QED) is 0.0198. The van der Waals surface area contributed by atoms with Gasteiger partial charge in [0.25, 0.3) is 0 Å². The highest BCUT2D eigenvalue weighted by Crippen LogP contribution is 2.26. The van der Waals surface area contributed by atoms with Crippen LogP contribution in [0.1, 0.15) is 206 Å². The van der Waals surface area contributed by atoms with Gasteiger partial charge in [-0.25, -0.2) is 4.18 Å². The zero-order valence-electron chi connectivity index (χ0n) is 37.8. The fourth-order valence-electron chi connectivity index (χ4n) is 7.37. The van der Waals surface area contributed by atoms with Gasteiger partial charge in [0.1, 0.15) is 30.5 Å². The number of ether oxygens (including phenoxy) is 4. The van der Waals surface area contributed by atoms with Gasteiger partial charge in [0.05, 0.1) is 19.8 Å². The largest absolute Gasteiger partial charge is 0.457 e. The Morgan fingerprint density at radius 1 is 0.617 bits per heavy atom. The van der Waals surface area contributed by atoms with Gasteiger partial charge in [0.15, 0.2) is 6.29 Å². The van der Waals surface area contributed by atoms with Crippen LogP contribution in [0.5, 0.6) is 0 Å². The van der Waals surface area contributed by atoms with E-state index in [4.69, 9.17) is 23.5 Å². The third-order valence-electron chi connectivity index (χ3n) is 11.0. The van der Waals surface area contributed by atoms with E-state index in [-0.39, 0.29) is 19.6 Å². The van der Waals surface area contributed by atoms with Crippen LogP contribution in [-0.4, -0.2) is 97.5 Å². The Hall–Kier alpha value is -1.42. The summed E-state index contributed by atoms with van der Waals surface area (Å²) in [5.74, 6) is -0.404. The lowest BCUT2D eigenvalue weighted by Gasteiger charge is -2.41. The molecule has 1 aliphatic rings. The van der Waals surface area contributed by atoms with Crippen molar-refractivity contribution in [1.29, 1.82) is 0 Å². The van der Waals surface area contributed by atoms with Crippen LogP contribution in [0.25, 0.3) is 0 Å². The molecule has 0 radical (unpaired) electrons. The highest BCUT2D eigenvalue weighted by molar-refractivity contribution is 7.80. The van der Waals surface area contributed by atoms with Crippen LogP contribution in [-0.2, 0) is 38.3 Å². The molecule has 0 aromatic rings. The van der Waals surface area contributed by atoms with E-state index in [0.717, 1.165) is 51.4 Å². The third kappa shape index (κ3) is 32.3. The number of esters is 1. The minimum Gasteiger partial charge on any atom is -0.457 e. The number of carbonyl (C=O) groups is 1. The van der Waals surface area contributed by atoms with Gasteiger partial charge in [-0.3, -0.25) is 9.35 Å². The third-order valence-corrected chi connectivity index (χ3v) is 11.5. The molecule has 1 saturated heterocycles. The molecule has 0 bridgehead atoms. The topological polar surface area (TPSA) is 178 Å². The average Bonchev–Trinajstić information content (AvgIpc) is 3.22. The Morgan fingerprint density at radius 3 is 1.50 bits per heavy atom. The molecule has 1 fully saturated rings. The van der Waals surface area contributed by atoms with Crippen molar-refractivity contribution in [3.05, 3.63) is 24.3 Å². The van der Waals surface area contributed by atoms with Crippen molar-refractivity contribution in [3.8, 4) is 0 Å². The van der Waals surface area contributed by atoms with Crippen molar-refractivity contribution in [1.82, 2.24) is 0 Å². The fourth-order valence-corrected chi connectivity index (χ4v) is 7.88. The first-order valence-electron chi connectivity index (χ1n) is 24.1.